The predicted molar refractivity (Wildman–Crippen MR) is 87.1 cm³/mol. The lowest BCUT2D eigenvalue weighted by Gasteiger charge is -2.35. The van der Waals surface area contributed by atoms with E-state index in [1.807, 2.05) is 36.4 Å². The zero-order valence-electron chi connectivity index (χ0n) is 12.1. The molecule has 1 fully saturated rings. The van der Waals surface area contributed by atoms with Crippen molar-refractivity contribution in [2.45, 2.75) is 31.3 Å². The molecule has 0 atom stereocenters. The number of nitrogens with one attached hydrogen (secondary N) is 1. The number of halogens is 1. The molecule has 0 bridgehead atoms. The van der Waals surface area contributed by atoms with E-state index in [0.717, 1.165) is 53.1 Å². The van der Waals surface area contributed by atoms with Gasteiger partial charge in [0.2, 0.25) is 0 Å². The van der Waals surface area contributed by atoms with Crippen molar-refractivity contribution in [1.82, 2.24) is 0 Å². The molecule has 4 heteroatoms. The Morgan fingerprint density at radius 1 is 1.05 bits per heavy atom. The van der Waals surface area contributed by atoms with Crippen LogP contribution in [0.2, 0.25) is 5.02 Å². The minimum atomic E-state index is -0.452. The van der Waals surface area contributed by atoms with Crippen LogP contribution in [-0.2, 0) is 10.3 Å². The average Bonchev–Trinajstić information content (AvgIpc) is 2.96. The average molecular weight is 314 g/mol. The Morgan fingerprint density at radius 3 is 2.59 bits per heavy atom. The molecule has 1 aliphatic heterocycles. The van der Waals surface area contributed by atoms with E-state index in [0.29, 0.717) is 0 Å². The van der Waals surface area contributed by atoms with Crippen LogP contribution in [0.3, 0.4) is 0 Å². The van der Waals surface area contributed by atoms with E-state index in [1.54, 1.807) is 0 Å². The Hall–Kier alpha value is -2.00. The Balaban J connectivity index is 1.84. The van der Waals surface area contributed by atoms with Gasteiger partial charge in [-0.2, -0.15) is 0 Å². The second-order valence-corrected chi connectivity index (χ2v) is 6.42. The van der Waals surface area contributed by atoms with Crippen LogP contribution >= 0.6 is 11.6 Å². The van der Waals surface area contributed by atoms with Crippen molar-refractivity contribution in [2.24, 2.45) is 0 Å². The second-order valence-electron chi connectivity index (χ2n) is 5.99. The van der Waals surface area contributed by atoms with E-state index in [-0.39, 0.29) is 6.09 Å². The SMILES string of the molecule is O=C1Nc2ccc(-c3cccc(Cl)c3)cc2C2(CCCC2)O1. The summed E-state index contributed by atoms with van der Waals surface area (Å²) in [4.78, 5) is 11.8. The maximum absolute atomic E-state index is 11.8. The van der Waals surface area contributed by atoms with Gasteiger partial charge in [-0.1, -0.05) is 29.8 Å². The van der Waals surface area contributed by atoms with E-state index in [2.05, 4.69) is 11.4 Å². The van der Waals surface area contributed by atoms with Crippen molar-refractivity contribution < 1.29 is 9.53 Å². The first-order chi connectivity index (χ1) is 10.7. The van der Waals surface area contributed by atoms with Crippen LogP contribution in [0, 0.1) is 0 Å². The van der Waals surface area contributed by atoms with Crippen molar-refractivity contribution in [3.05, 3.63) is 53.1 Å². The van der Waals surface area contributed by atoms with Crippen molar-refractivity contribution in [3.63, 3.8) is 0 Å². The van der Waals surface area contributed by atoms with Crippen molar-refractivity contribution in [1.29, 1.82) is 0 Å². The van der Waals surface area contributed by atoms with E-state index in [9.17, 15) is 4.79 Å². The molecule has 112 valence electrons. The molecule has 1 amide bonds. The van der Waals surface area contributed by atoms with Gasteiger partial charge in [0.1, 0.15) is 5.60 Å². The molecule has 1 spiro atoms. The van der Waals surface area contributed by atoms with Gasteiger partial charge in [0.25, 0.3) is 0 Å². The van der Waals surface area contributed by atoms with Crippen LogP contribution in [-0.4, -0.2) is 6.09 Å². The second kappa shape index (κ2) is 5.03. The summed E-state index contributed by atoms with van der Waals surface area (Å²) in [5.74, 6) is 0. The van der Waals surface area contributed by atoms with E-state index in [4.69, 9.17) is 16.3 Å². The number of hydrogen-bond donors (Lipinski definition) is 1. The van der Waals surface area contributed by atoms with Gasteiger partial charge in [0, 0.05) is 10.6 Å². The van der Waals surface area contributed by atoms with Gasteiger partial charge in [-0.15, -0.1) is 0 Å². The third kappa shape index (κ3) is 2.17. The molecule has 0 unspecified atom stereocenters. The molecule has 2 aromatic carbocycles. The molecule has 1 N–H and O–H groups in total. The topological polar surface area (TPSA) is 38.3 Å². The summed E-state index contributed by atoms with van der Waals surface area (Å²) in [6.07, 6.45) is 3.63. The number of hydrogen-bond acceptors (Lipinski definition) is 2. The zero-order valence-corrected chi connectivity index (χ0v) is 12.8. The highest BCUT2D eigenvalue weighted by atomic mass is 35.5. The fourth-order valence-corrected chi connectivity index (χ4v) is 3.75. The van der Waals surface area contributed by atoms with Gasteiger partial charge in [-0.25, -0.2) is 4.79 Å². The van der Waals surface area contributed by atoms with E-state index >= 15 is 0 Å². The minimum Gasteiger partial charge on any atom is -0.438 e. The number of benzene rings is 2. The quantitative estimate of drug-likeness (QED) is 0.772. The van der Waals surface area contributed by atoms with Crippen LogP contribution < -0.4 is 5.32 Å². The first kappa shape index (κ1) is 13.6. The Bertz CT molecular complexity index is 751. The summed E-state index contributed by atoms with van der Waals surface area (Å²) in [6.45, 7) is 0. The Labute approximate surface area is 134 Å². The lowest BCUT2D eigenvalue weighted by atomic mass is 9.87. The first-order valence-electron chi connectivity index (χ1n) is 7.57. The Kier molecular flexibility index (Phi) is 3.12. The van der Waals surface area contributed by atoms with Gasteiger partial charge in [0.15, 0.2) is 0 Å². The molecular weight excluding hydrogens is 298 g/mol. The number of rotatable bonds is 1. The summed E-state index contributed by atoms with van der Waals surface area (Å²) in [7, 11) is 0. The van der Waals surface area contributed by atoms with Gasteiger partial charge in [-0.05, 0) is 61.1 Å². The normalized spacial score (nSPS) is 18.7. The van der Waals surface area contributed by atoms with Crippen molar-refractivity contribution in [2.75, 3.05) is 5.32 Å². The molecule has 0 saturated heterocycles. The van der Waals surface area contributed by atoms with Gasteiger partial charge < -0.3 is 4.74 Å². The first-order valence-corrected chi connectivity index (χ1v) is 7.95. The molecule has 1 aliphatic carbocycles. The molecule has 1 saturated carbocycles. The highest BCUT2D eigenvalue weighted by Gasteiger charge is 2.44. The number of ether oxygens (including phenoxy) is 1. The highest BCUT2D eigenvalue weighted by Crippen LogP contribution is 2.48. The molecular formula is C18H16ClNO2. The molecule has 2 aromatic rings. The molecule has 2 aliphatic rings. The van der Waals surface area contributed by atoms with E-state index in [1.165, 1.54) is 0 Å². The number of fused-ring (bicyclic) bond motifs is 2. The number of anilines is 1. The standard InChI is InChI=1S/C18H16ClNO2/c19-14-5-3-4-12(10-14)13-6-7-16-15(11-13)18(8-1-2-9-18)22-17(21)20-16/h3-7,10-11H,1-2,8-9H2,(H,20,21). The highest BCUT2D eigenvalue weighted by molar-refractivity contribution is 6.30. The van der Waals surface area contributed by atoms with Crippen LogP contribution in [0.4, 0.5) is 10.5 Å². The van der Waals surface area contributed by atoms with Gasteiger partial charge >= 0.3 is 6.09 Å². The smallest absolute Gasteiger partial charge is 0.412 e. The Morgan fingerprint density at radius 2 is 1.82 bits per heavy atom. The fourth-order valence-electron chi connectivity index (χ4n) is 3.56. The number of amides is 1. The number of carbonyl (C=O) groups excluding carboxylic acids is 1. The molecule has 4 rings (SSSR count). The molecule has 22 heavy (non-hydrogen) atoms. The van der Waals surface area contributed by atoms with Gasteiger partial charge in [0.05, 0.1) is 5.69 Å². The maximum atomic E-state index is 11.8. The van der Waals surface area contributed by atoms with Gasteiger partial charge in [-0.3, -0.25) is 5.32 Å². The maximum Gasteiger partial charge on any atom is 0.412 e. The summed E-state index contributed by atoms with van der Waals surface area (Å²) in [6, 6.07) is 13.9. The lowest BCUT2D eigenvalue weighted by molar-refractivity contribution is 0.0170. The molecule has 1 heterocycles. The molecule has 3 nitrogen and oxygen atoms in total. The predicted octanol–water partition coefficient (Wildman–Crippen LogP) is 5.34. The van der Waals surface area contributed by atoms with E-state index < -0.39 is 5.60 Å². The monoisotopic (exact) mass is 313 g/mol. The van der Waals surface area contributed by atoms with Crippen molar-refractivity contribution in [3.8, 4) is 11.1 Å². The molecule has 0 radical (unpaired) electrons. The lowest BCUT2D eigenvalue weighted by Crippen LogP contribution is -2.37. The van der Waals surface area contributed by atoms with Crippen LogP contribution in [0.25, 0.3) is 11.1 Å². The van der Waals surface area contributed by atoms with Crippen LogP contribution in [0.1, 0.15) is 31.2 Å². The summed E-state index contributed by atoms with van der Waals surface area (Å²) < 4.78 is 5.70. The number of carbonyl (C=O) groups is 1. The third-order valence-electron chi connectivity index (χ3n) is 4.60. The van der Waals surface area contributed by atoms with Crippen LogP contribution in [0.15, 0.2) is 42.5 Å². The van der Waals surface area contributed by atoms with Crippen molar-refractivity contribution >= 4 is 23.4 Å². The summed E-state index contributed by atoms with van der Waals surface area (Å²) in [5, 5.41) is 3.53. The fraction of sp³-hybridized carbons (Fsp3) is 0.278. The minimum absolute atomic E-state index is 0.343. The largest absolute Gasteiger partial charge is 0.438 e. The zero-order chi connectivity index (χ0) is 15.2. The third-order valence-corrected chi connectivity index (χ3v) is 4.84. The summed E-state index contributed by atoms with van der Waals surface area (Å²) in [5.41, 5.74) is 3.66. The molecule has 0 aromatic heterocycles. The van der Waals surface area contributed by atoms with Crippen LogP contribution in [0.5, 0.6) is 0 Å². The summed E-state index contributed by atoms with van der Waals surface area (Å²) >= 11 is 6.10.